The second-order valence-corrected chi connectivity index (χ2v) is 4.31. The van der Waals surface area contributed by atoms with Gasteiger partial charge in [0.05, 0.1) is 0 Å². The van der Waals surface area contributed by atoms with Gasteiger partial charge < -0.3 is 0 Å². The molecule has 0 saturated carbocycles. The first-order chi connectivity index (χ1) is 7.31. The molecule has 0 heterocycles. The van der Waals surface area contributed by atoms with Gasteiger partial charge in [-0.3, -0.25) is 0 Å². The van der Waals surface area contributed by atoms with Crippen LogP contribution in [0.2, 0.25) is 0 Å². The Kier molecular flexibility index (Phi) is 11.2. The van der Waals surface area contributed by atoms with E-state index in [1.54, 1.807) is 0 Å². The summed E-state index contributed by atoms with van der Waals surface area (Å²) in [7, 11) is 0. The van der Waals surface area contributed by atoms with Crippen LogP contribution in [-0.4, -0.2) is 0 Å². The van der Waals surface area contributed by atoms with Gasteiger partial charge in [-0.2, -0.15) is 0 Å². The summed E-state index contributed by atoms with van der Waals surface area (Å²) in [5.41, 5.74) is 1.50. The van der Waals surface area contributed by atoms with Gasteiger partial charge in [0.2, 0.25) is 0 Å². The Morgan fingerprint density at radius 3 is 2.33 bits per heavy atom. The van der Waals surface area contributed by atoms with Gasteiger partial charge in [0.1, 0.15) is 0 Å². The topological polar surface area (TPSA) is 0 Å². The zero-order valence-electron chi connectivity index (χ0n) is 10.9. The van der Waals surface area contributed by atoms with Crippen molar-refractivity contribution >= 4 is 0 Å². The van der Waals surface area contributed by atoms with E-state index < -0.39 is 0 Å². The smallest absolute Gasteiger partial charge is 0.0167 e. The minimum absolute atomic E-state index is 1.12. The maximum Gasteiger partial charge on any atom is -0.0167 e. The lowest BCUT2D eigenvalue weighted by molar-refractivity contribution is 0.637. The van der Waals surface area contributed by atoms with Crippen molar-refractivity contribution in [3.05, 3.63) is 23.8 Å². The molecule has 0 aliphatic rings. The van der Waals surface area contributed by atoms with Crippen molar-refractivity contribution in [3.8, 4) is 0 Å². The highest BCUT2D eigenvalue weighted by molar-refractivity contribution is 5.01. The van der Waals surface area contributed by atoms with E-state index in [1.165, 1.54) is 50.5 Å². The van der Waals surface area contributed by atoms with Gasteiger partial charge in [-0.1, -0.05) is 63.3 Å². The summed E-state index contributed by atoms with van der Waals surface area (Å²) >= 11 is 0. The highest BCUT2D eigenvalue weighted by atomic mass is 13.9. The first kappa shape index (κ1) is 14.5. The van der Waals surface area contributed by atoms with Crippen molar-refractivity contribution in [1.82, 2.24) is 0 Å². The van der Waals surface area contributed by atoms with E-state index in [-0.39, 0.29) is 0 Å². The molecule has 0 rings (SSSR count). The Morgan fingerprint density at radius 2 is 1.67 bits per heavy atom. The molecule has 0 atom stereocenters. The first-order valence-electron chi connectivity index (χ1n) is 6.61. The van der Waals surface area contributed by atoms with Crippen LogP contribution in [0.25, 0.3) is 0 Å². The van der Waals surface area contributed by atoms with Crippen LogP contribution in [0.1, 0.15) is 72.1 Å². The van der Waals surface area contributed by atoms with Crippen molar-refractivity contribution in [2.75, 3.05) is 0 Å². The molecule has 0 fully saturated rings. The third-order valence-electron chi connectivity index (χ3n) is 2.80. The van der Waals surface area contributed by atoms with E-state index >= 15 is 0 Å². The number of rotatable bonds is 9. The van der Waals surface area contributed by atoms with Crippen molar-refractivity contribution in [1.29, 1.82) is 0 Å². The molecule has 0 saturated heterocycles. The van der Waals surface area contributed by atoms with Gasteiger partial charge in [-0.25, -0.2) is 0 Å². The first-order valence-corrected chi connectivity index (χ1v) is 6.61. The van der Waals surface area contributed by atoms with Crippen LogP contribution in [0, 0.1) is 0 Å². The summed E-state index contributed by atoms with van der Waals surface area (Å²) in [6, 6.07) is 0. The molecular weight excluding hydrogens is 180 g/mol. The average Bonchev–Trinajstić information content (AvgIpc) is 2.26. The maximum absolute atomic E-state index is 2.34. The number of hydrogen-bond acceptors (Lipinski definition) is 0. The lowest BCUT2D eigenvalue weighted by Gasteiger charge is -1.96. The molecule has 0 unspecified atom stereocenters. The summed E-state index contributed by atoms with van der Waals surface area (Å²) in [5, 5.41) is 0. The van der Waals surface area contributed by atoms with Gasteiger partial charge >= 0.3 is 0 Å². The van der Waals surface area contributed by atoms with E-state index in [2.05, 4.69) is 39.0 Å². The third-order valence-corrected chi connectivity index (χ3v) is 2.80. The van der Waals surface area contributed by atoms with Gasteiger partial charge in [-0.05, 0) is 32.6 Å². The number of allylic oxidation sites excluding steroid dienone is 4. The molecule has 0 N–H and O–H groups in total. The Hall–Kier alpha value is -0.520. The average molecular weight is 208 g/mol. The third kappa shape index (κ3) is 11.4. The molecule has 0 spiro atoms. The zero-order chi connectivity index (χ0) is 11.4. The van der Waals surface area contributed by atoms with E-state index in [4.69, 9.17) is 0 Å². The molecule has 0 heteroatoms. The predicted molar refractivity (Wildman–Crippen MR) is 71.2 cm³/mol. The van der Waals surface area contributed by atoms with Gasteiger partial charge in [-0.15, -0.1) is 0 Å². The lowest BCUT2D eigenvalue weighted by Crippen LogP contribution is -1.76. The molecule has 88 valence electrons. The van der Waals surface area contributed by atoms with Crippen molar-refractivity contribution < 1.29 is 0 Å². The van der Waals surface area contributed by atoms with Crippen molar-refractivity contribution in [2.45, 2.75) is 72.1 Å². The molecule has 0 aromatic carbocycles. The molecule has 0 aliphatic heterocycles. The number of unbranched alkanes of at least 4 members (excludes halogenated alkanes) is 5. The van der Waals surface area contributed by atoms with Gasteiger partial charge in [0.15, 0.2) is 0 Å². The summed E-state index contributed by atoms with van der Waals surface area (Å²) in [4.78, 5) is 0. The van der Waals surface area contributed by atoms with Crippen LogP contribution in [0.4, 0.5) is 0 Å². The highest BCUT2D eigenvalue weighted by Gasteiger charge is 1.86. The molecule has 15 heavy (non-hydrogen) atoms. The summed E-state index contributed by atoms with van der Waals surface area (Å²) in [6.07, 6.45) is 17.5. The molecule has 0 aromatic rings. The monoisotopic (exact) mass is 208 g/mol. The second-order valence-electron chi connectivity index (χ2n) is 4.31. The fourth-order valence-electron chi connectivity index (χ4n) is 1.49. The van der Waals surface area contributed by atoms with E-state index in [0.29, 0.717) is 0 Å². The molecule has 0 amide bonds. The lowest BCUT2D eigenvalue weighted by atomic mass is 10.1. The van der Waals surface area contributed by atoms with E-state index in [9.17, 15) is 0 Å². The van der Waals surface area contributed by atoms with E-state index in [0.717, 1.165) is 6.42 Å². The Bertz CT molecular complexity index is 174. The van der Waals surface area contributed by atoms with E-state index in [1.807, 2.05) is 0 Å². The Labute approximate surface area is 96.5 Å². The summed E-state index contributed by atoms with van der Waals surface area (Å²) < 4.78 is 0. The highest BCUT2D eigenvalue weighted by Crippen LogP contribution is 2.06. The van der Waals surface area contributed by atoms with Crippen LogP contribution in [0.5, 0.6) is 0 Å². The maximum atomic E-state index is 2.34. The standard InChI is InChI=1S/C15H28/c1-4-6-7-8-9-10-11-12-13-14-15(3)5-2/h11-12,14H,4-10,13H2,1-3H3/b12-11+,15-14+. The summed E-state index contributed by atoms with van der Waals surface area (Å²) in [5.74, 6) is 0. The minimum Gasteiger partial charge on any atom is -0.0882 e. The second kappa shape index (κ2) is 11.6. The Balaban J connectivity index is 3.24. The number of hydrogen-bond donors (Lipinski definition) is 0. The Morgan fingerprint density at radius 1 is 0.933 bits per heavy atom. The molecule has 0 radical (unpaired) electrons. The SMILES string of the molecule is CCCCCCC/C=C/C/C=C(\C)CC. The summed E-state index contributed by atoms with van der Waals surface area (Å²) in [6.45, 7) is 6.68. The normalized spacial score (nSPS) is 12.6. The van der Waals surface area contributed by atoms with Gasteiger partial charge in [0, 0.05) is 0 Å². The molecule has 0 aliphatic carbocycles. The fraction of sp³-hybridized carbons (Fsp3) is 0.733. The largest absolute Gasteiger partial charge is 0.0882 e. The van der Waals surface area contributed by atoms with Crippen molar-refractivity contribution in [2.24, 2.45) is 0 Å². The predicted octanol–water partition coefficient (Wildman–Crippen LogP) is 5.65. The zero-order valence-corrected chi connectivity index (χ0v) is 10.9. The molecular formula is C15H28. The van der Waals surface area contributed by atoms with Crippen LogP contribution in [0.3, 0.4) is 0 Å². The minimum atomic E-state index is 1.12. The fourth-order valence-corrected chi connectivity index (χ4v) is 1.49. The van der Waals surface area contributed by atoms with Crippen LogP contribution < -0.4 is 0 Å². The van der Waals surface area contributed by atoms with Crippen molar-refractivity contribution in [3.63, 3.8) is 0 Å². The molecule has 0 bridgehead atoms. The van der Waals surface area contributed by atoms with Crippen LogP contribution >= 0.6 is 0 Å². The van der Waals surface area contributed by atoms with Gasteiger partial charge in [0.25, 0.3) is 0 Å². The molecule has 0 aromatic heterocycles. The van der Waals surface area contributed by atoms with Crippen LogP contribution in [-0.2, 0) is 0 Å². The molecule has 0 nitrogen and oxygen atoms in total. The quantitative estimate of drug-likeness (QED) is 0.339. The van der Waals surface area contributed by atoms with Crippen LogP contribution in [0.15, 0.2) is 23.8 Å².